The maximum atomic E-state index is 5.32. The molecular formula is C11H31N5. The lowest BCUT2D eigenvalue weighted by Gasteiger charge is -2.01. The van der Waals surface area contributed by atoms with Crippen molar-refractivity contribution in [1.29, 1.82) is 0 Å². The lowest BCUT2D eigenvalue weighted by molar-refractivity contribution is 0.611. The number of hydrogen-bond donors (Lipinski definition) is 5. The van der Waals surface area contributed by atoms with Gasteiger partial charge in [-0.05, 0) is 71.4 Å². The van der Waals surface area contributed by atoms with Crippen molar-refractivity contribution in [3.8, 4) is 0 Å². The summed E-state index contributed by atoms with van der Waals surface area (Å²) in [6.07, 6.45) is 5.51. The second-order valence-corrected chi connectivity index (χ2v) is 3.67. The molecule has 0 spiro atoms. The smallest absolute Gasteiger partial charge is 0.00369 e. The van der Waals surface area contributed by atoms with E-state index in [9.17, 15) is 0 Å². The van der Waals surface area contributed by atoms with Gasteiger partial charge in [0.25, 0.3) is 0 Å². The Morgan fingerprint density at radius 2 is 0.875 bits per heavy atom. The molecule has 0 unspecified atom stereocenters. The molecule has 16 heavy (non-hydrogen) atoms. The summed E-state index contributed by atoms with van der Waals surface area (Å²) in [5.74, 6) is 0. The van der Waals surface area contributed by atoms with Crippen LogP contribution in [-0.2, 0) is 0 Å². The van der Waals surface area contributed by atoms with Gasteiger partial charge in [-0.15, -0.1) is 0 Å². The first-order valence-electron chi connectivity index (χ1n) is 6.34. The maximum absolute atomic E-state index is 5.32. The van der Waals surface area contributed by atoms with Crippen LogP contribution in [0.5, 0.6) is 0 Å². The molecule has 0 aromatic carbocycles. The molecule has 0 rings (SSSR count). The maximum Gasteiger partial charge on any atom is -0.00369 e. The third-order valence-electron chi connectivity index (χ3n) is 2.02. The molecule has 0 aromatic heterocycles. The van der Waals surface area contributed by atoms with Gasteiger partial charge in [-0.2, -0.15) is 0 Å². The average Bonchev–Trinajstić information content (AvgIpc) is 2.32. The summed E-state index contributed by atoms with van der Waals surface area (Å²) >= 11 is 0. The monoisotopic (exact) mass is 233 g/mol. The van der Waals surface area contributed by atoms with Crippen LogP contribution < -0.4 is 28.3 Å². The summed E-state index contributed by atoms with van der Waals surface area (Å²) in [7, 11) is 0. The van der Waals surface area contributed by atoms with Gasteiger partial charge < -0.3 is 28.3 Å². The highest BCUT2D eigenvalue weighted by Gasteiger charge is 1.85. The summed E-state index contributed by atoms with van der Waals surface area (Å²) < 4.78 is 0. The highest BCUT2D eigenvalue weighted by Crippen LogP contribution is 1.81. The van der Waals surface area contributed by atoms with E-state index in [1.54, 1.807) is 0 Å². The standard InChI is InChI=1S/C7H19N3.C4H12N2/c8-4-1-2-6-10-7-3-5-9;5-3-1-2-4-6/h10H,1-9H2;1-6H2. The molecule has 0 atom stereocenters. The summed E-state index contributed by atoms with van der Waals surface area (Å²) in [4.78, 5) is 0. The molecule has 5 heteroatoms. The molecule has 0 saturated carbocycles. The predicted molar refractivity (Wildman–Crippen MR) is 72.2 cm³/mol. The van der Waals surface area contributed by atoms with Crippen molar-refractivity contribution in [3.63, 3.8) is 0 Å². The lowest BCUT2D eigenvalue weighted by atomic mass is 10.3. The molecule has 9 N–H and O–H groups in total. The van der Waals surface area contributed by atoms with E-state index < -0.39 is 0 Å². The number of unbranched alkanes of at least 4 members (excludes halogenated alkanes) is 2. The fraction of sp³-hybridized carbons (Fsp3) is 1.00. The van der Waals surface area contributed by atoms with Crippen LogP contribution in [0, 0.1) is 0 Å². The van der Waals surface area contributed by atoms with Crippen LogP contribution in [0.15, 0.2) is 0 Å². The third kappa shape index (κ3) is 23.5. The van der Waals surface area contributed by atoms with Crippen molar-refractivity contribution in [3.05, 3.63) is 0 Å². The Hall–Kier alpha value is -0.200. The van der Waals surface area contributed by atoms with Crippen LogP contribution in [-0.4, -0.2) is 39.3 Å². The number of nitrogens with one attached hydrogen (secondary N) is 1. The van der Waals surface area contributed by atoms with E-state index in [4.69, 9.17) is 22.9 Å². The molecule has 0 aromatic rings. The molecule has 0 aliphatic heterocycles. The molecule has 0 bridgehead atoms. The number of rotatable bonds is 10. The van der Waals surface area contributed by atoms with E-state index in [2.05, 4.69) is 5.32 Å². The van der Waals surface area contributed by atoms with Gasteiger partial charge in [-0.1, -0.05) is 0 Å². The Morgan fingerprint density at radius 3 is 1.31 bits per heavy atom. The summed E-state index contributed by atoms with van der Waals surface area (Å²) in [6, 6.07) is 0. The van der Waals surface area contributed by atoms with Crippen LogP contribution in [0.3, 0.4) is 0 Å². The van der Waals surface area contributed by atoms with Crippen molar-refractivity contribution >= 4 is 0 Å². The zero-order valence-electron chi connectivity index (χ0n) is 10.6. The lowest BCUT2D eigenvalue weighted by Crippen LogP contribution is -2.19. The largest absolute Gasteiger partial charge is 0.330 e. The average molecular weight is 233 g/mol. The van der Waals surface area contributed by atoms with Gasteiger partial charge >= 0.3 is 0 Å². The Labute approximate surface area is 100 Å². The van der Waals surface area contributed by atoms with E-state index in [1.165, 1.54) is 6.42 Å². The van der Waals surface area contributed by atoms with Crippen molar-refractivity contribution in [1.82, 2.24) is 5.32 Å². The van der Waals surface area contributed by atoms with Crippen LogP contribution in [0.2, 0.25) is 0 Å². The zero-order valence-corrected chi connectivity index (χ0v) is 10.6. The molecule has 5 nitrogen and oxygen atoms in total. The molecular weight excluding hydrogens is 202 g/mol. The zero-order chi connectivity index (χ0) is 12.5. The molecule has 0 amide bonds. The van der Waals surface area contributed by atoms with Gasteiger partial charge in [0.15, 0.2) is 0 Å². The van der Waals surface area contributed by atoms with Crippen molar-refractivity contribution in [2.75, 3.05) is 39.3 Å². The molecule has 100 valence electrons. The fourth-order valence-corrected chi connectivity index (χ4v) is 1.04. The minimum Gasteiger partial charge on any atom is -0.330 e. The SMILES string of the molecule is NCCCCN.NCCCCNCCCN. The van der Waals surface area contributed by atoms with Gasteiger partial charge in [-0.3, -0.25) is 0 Å². The summed E-state index contributed by atoms with van der Waals surface area (Å²) in [6.45, 7) is 5.26. The molecule has 0 heterocycles. The van der Waals surface area contributed by atoms with Crippen LogP contribution in [0.1, 0.15) is 32.1 Å². The fourth-order valence-electron chi connectivity index (χ4n) is 1.04. The van der Waals surface area contributed by atoms with E-state index in [0.29, 0.717) is 0 Å². The van der Waals surface area contributed by atoms with E-state index in [-0.39, 0.29) is 0 Å². The summed E-state index contributed by atoms with van der Waals surface area (Å²) in [5, 5.41) is 3.29. The second-order valence-electron chi connectivity index (χ2n) is 3.67. The molecule has 0 aliphatic rings. The van der Waals surface area contributed by atoms with E-state index >= 15 is 0 Å². The Balaban J connectivity index is 0. The Kier molecular flexibility index (Phi) is 23.0. The minimum absolute atomic E-state index is 0.775. The molecule has 0 radical (unpaired) electrons. The topological polar surface area (TPSA) is 116 Å². The van der Waals surface area contributed by atoms with E-state index in [0.717, 1.165) is 65.0 Å². The minimum atomic E-state index is 0.775. The third-order valence-corrected chi connectivity index (χ3v) is 2.02. The van der Waals surface area contributed by atoms with Crippen LogP contribution in [0.4, 0.5) is 0 Å². The first-order valence-corrected chi connectivity index (χ1v) is 6.34. The number of nitrogens with two attached hydrogens (primary N) is 4. The quantitative estimate of drug-likeness (QED) is 0.321. The summed E-state index contributed by atoms with van der Waals surface area (Å²) in [5.41, 5.74) is 20.9. The highest BCUT2D eigenvalue weighted by atomic mass is 14.8. The van der Waals surface area contributed by atoms with Crippen LogP contribution >= 0.6 is 0 Å². The second kappa shape index (κ2) is 20.2. The highest BCUT2D eigenvalue weighted by molar-refractivity contribution is 4.49. The van der Waals surface area contributed by atoms with Crippen molar-refractivity contribution < 1.29 is 0 Å². The molecule has 0 saturated heterocycles. The normalized spacial score (nSPS) is 9.75. The van der Waals surface area contributed by atoms with E-state index in [1.807, 2.05) is 0 Å². The first kappa shape index (κ1) is 18.2. The van der Waals surface area contributed by atoms with Gasteiger partial charge in [0.05, 0.1) is 0 Å². The molecule has 0 fully saturated rings. The molecule has 0 aliphatic carbocycles. The Bertz CT molecular complexity index is 88.4. The van der Waals surface area contributed by atoms with Gasteiger partial charge in [0.1, 0.15) is 0 Å². The van der Waals surface area contributed by atoms with Crippen LogP contribution in [0.25, 0.3) is 0 Å². The first-order chi connectivity index (χ1) is 7.83. The van der Waals surface area contributed by atoms with Gasteiger partial charge in [0.2, 0.25) is 0 Å². The number of hydrogen-bond acceptors (Lipinski definition) is 5. The van der Waals surface area contributed by atoms with Gasteiger partial charge in [0, 0.05) is 0 Å². The Morgan fingerprint density at radius 1 is 0.500 bits per heavy atom. The van der Waals surface area contributed by atoms with Gasteiger partial charge in [-0.25, -0.2) is 0 Å². The van der Waals surface area contributed by atoms with Crippen molar-refractivity contribution in [2.24, 2.45) is 22.9 Å². The van der Waals surface area contributed by atoms with Crippen molar-refractivity contribution in [2.45, 2.75) is 32.1 Å². The predicted octanol–water partition coefficient (Wildman–Crippen LogP) is -0.652.